The average Bonchev–Trinajstić information content (AvgIpc) is 2.83. The summed E-state index contributed by atoms with van der Waals surface area (Å²) in [6, 6.07) is 0. The summed E-state index contributed by atoms with van der Waals surface area (Å²) in [7, 11) is 0. The molecular weight excluding hydrogens is 251 g/mol. The minimum atomic E-state index is -4.41. The molecule has 0 spiro atoms. The maximum Gasteiger partial charge on any atom is 0.443 e. The van der Waals surface area contributed by atoms with Gasteiger partial charge < -0.3 is 5.11 Å². The molecule has 0 saturated heterocycles. The molecular formula is C11H14F3NOS. The van der Waals surface area contributed by atoms with Crippen LogP contribution < -0.4 is 0 Å². The molecule has 3 unspecified atom stereocenters. The Labute approximate surface area is 101 Å². The van der Waals surface area contributed by atoms with Crippen molar-refractivity contribution in [2.45, 2.75) is 38.5 Å². The molecule has 0 amide bonds. The fourth-order valence-corrected chi connectivity index (χ4v) is 3.25. The van der Waals surface area contributed by atoms with Crippen LogP contribution in [0, 0.1) is 11.8 Å². The van der Waals surface area contributed by atoms with Crippen molar-refractivity contribution in [1.29, 1.82) is 0 Å². The van der Waals surface area contributed by atoms with Gasteiger partial charge in [0.05, 0.1) is 11.0 Å². The fourth-order valence-electron chi connectivity index (χ4n) is 2.41. The number of thiazole rings is 1. The van der Waals surface area contributed by atoms with Gasteiger partial charge in [-0.1, -0.05) is 19.8 Å². The summed E-state index contributed by atoms with van der Waals surface area (Å²) in [4.78, 5) is 3.67. The van der Waals surface area contributed by atoms with E-state index in [1.54, 1.807) is 0 Å². The van der Waals surface area contributed by atoms with Crippen LogP contribution in [0.5, 0.6) is 0 Å². The summed E-state index contributed by atoms with van der Waals surface area (Å²) in [5.74, 6) is 0.429. The van der Waals surface area contributed by atoms with E-state index in [1.807, 2.05) is 6.92 Å². The Balaban J connectivity index is 2.14. The van der Waals surface area contributed by atoms with E-state index >= 15 is 0 Å². The summed E-state index contributed by atoms with van der Waals surface area (Å²) in [5, 5.41) is 9.20. The molecule has 1 heterocycles. The molecule has 1 saturated carbocycles. The number of aromatic nitrogens is 1. The molecule has 6 heteroatoms. The number of aliphatic hydroxyl groups is 1. The van der Waals surface area contributed by atoms with Crippen molar-refractivity contribution in [2.24, 2.45) is 11.8 Å². The minimum Gasteiger partial charge on any atom is -0.387 e. The van der Waals surface area contributed by atoms with Crippen molar-refractivity contribution in [3.63, 3.8) is 0 Å². The molecule has 1 fully saturated rings. The molecule has 1 aromatic rings. The quantitative estimate of drug-likeness (QED) is 0.885. The SMILES string of the molecule is CC1CCCC1C(O)c1cnc(C(F)(F)F)s1. The molecule has 0 radical (unpaired) electrons. The van der Waals surface area contributed by atoms with Crippen molar-refractivity contribution in [2.75, 3.05) is 0 Å². The highest BCUT2D eigenvalue weighted by molar-refractivity contribution is 7.11. The Morgan fingerprint density at radius 3 is 2.65 bits per heavy atom. The molecule has 2 nitrogen and oxygen atoms in total. The van der Waals surface area contributed by atoms with E-state index in [2.05, 4.69) is 4.98 Å². The van der Waals surface area contributed by atoms with Gasteiger partial charge in [0, 0.05) is 6.20 Å². The van der Waals surface area contributed by atoms with Gasteiger partial charge in [0.15, 0.2) is 5.01 Å². The van der Waals surface area contributed by atoms with Crippen molar-refractivity contribution in [3.05, 3.63) is 16.1 Å². The molecule has 96 valence electrons. The van der Waals surface area contributed by atoms with Gasteiger partial charge >= 0.3 is 6.18 Å². The number of hydrogen-bond donors (Lipinski definition) is 1. The Kier molecular flexibility index (Phi) is 3.45. The van der Waals surface area contributed by atoms with Crippen molar-refractivity contribution in [1.82, 2.24) is 4.98 Å². The monoisotopic (exact) mass is 265 g/mol. The summed E-state index contributed by atoms with van der Waals surface area (Å²) < 4.78 is 37.2. The van der Waals surface area contributed by atoms with Gasteiger partial charge in [-0.05, 0) is 18.3 Å². The van der Waals surface area contributed by atoms with Gasteiger partial charge in [0.2, 0.25) is 0 Å². The number of nitrogens with zero attached hydrogens (tertiary/aromatic N) is 1. The maximum atomic E-state index is 12.4. The highest BCUT2D eigenvalue weighted by Crippen LogP contribution is 2.43. The maximum absolute atomic E-state index is 12.4. The molecule has 1 aliphatic rings. The number of rotatable bonds is 2. The molecule has 0 aromatic carbocycles. The van der Waals surface area contributed by atoms with E-state index in [0.717, 1.165) is 25.5 Å². The molecule has 3 atom stereocenters. The summed E-state index contributed by atoms with van der Waals surface area (Å²) in [6.45, 7) is 2.03. The smallest absolute Gasteiger partial charge is 0.387 e. The number of alkyl halides is 3. The van der Waals surface area contributed by atoms with E-state index in [9.17, 15) is 18.3 Å². The highest BCUT2D eigenvalue weighted by atomic mass is 32.1. The number of halogens is 3. The lowest BCUT2D eigenvalue weighted by Gasteiger charge is -2.20. The zero-order valence-electron chi connectivity index (χ0n) is 9.37. The second kappa shape index (κ2) is 4.57. The van der Waals surface area contributed by atoms with Crippen molar-refractivity contribution >= 4 is 11.3 Å². The lowest BCUT2D eigenvalue weighted by molar-refractivity contribution is -0.137. The molecule has 0 aliphatic heterocycles. The number of hydrogen-bond acceptors (Lipinski definition) is 3. The zero-order valence-corrected chi connectivity index (χ0v) is 10.2. The van der Waals surface area contributed by atoms with Crippen LogP contribution >= 0.6 is 11.3 Å². The number of aliphatic hydroxyl groups excluding tert-OH is 1. The first-order valence-electron chi connectivity index (χ1n) is 5.60. The van der Waals surface area contributed by atoms with Crippen LogP contribution in [0.25, 0.3) is 0 Å². The van der Waals surface area contributed by atoms with E-state index in [1.165, 1.54) is 0 Å². The van der Waals surface area contributed by atoms with E-state index in [0.29, 0.717) is 22.1 Å². The summed E-state index contributed by atoms with van der Waals surface area (Å²) in [6.07, 6.45) is -1.11. The van der Waals surface area contributed by atoms with Crippen LogP contribution in [0.4, 0.5) is 13.2 Å². The Morgan fingerprint density at radius 1 is 1.47 bits per heavy atom. The normalized spacial score (nSPS) is 27.4. The van der Waals surface area contributed by atoms with E-state index in [-0.39, 0.29) is 5.92 Å². The Morgan fingerprint density at radius 2 is 2.18 bits per heavy atom. The van der Waals surface area contributed by atoms with Gasteiger partial charge in [-0.2, -0.15) is 13.2 Å². The average molecular weight is 265 g/mol. The van der Waals surface area contributed by atoms with Gasteiger partial charge in [0.25, 0.3) is 0 Å². The van der Waals surface area contributed by atoms with Crippen LogP contribution in [-0.4, -0.2) is 10.1 Å². The highest BCUT2D eigenvalue weighted by Gasteiger charge is 2.37. The van der Waals surface area contributed by atoms with Crippen LogP contribution in [0.1, 0.15) is 42.2 Å². The van der Waals surface area contributed by atoms with Crippen LogP contribution in [-0.2, 0) is 6.18 Å². The first kappa shape index (κ1) is 12.8. The van der Waals surface area contributed by atoms with Crippen LogP contribution in [0.3, 0.4) is 0 Å². The first-order valence-corrected chi connectivity index (χ1v) is 6.42. The van der Waals surface area contributed by atoms with Gasteiger partial charge in [-0.15, -0.1) is 11.3 Å². The lowest BCUT2D eigenvalue weighted by atomic mass is 9.92. The van der Waals surface area contributed by atoms with Crippen LogP contribution in [0.15, 0.2) is 6.20 Å². The second-order valence-corrected chi connectivity index (χ2v) is 5.64. The third-order valence-corrected chi connectivity index (χ3v) is 4.50. The molecule has 1 aliphatic carbocycles. The van der Waals surface area contributed by atoms with Gasteiger partial charge in [0.1, 0.15) is 0 Å². The molecule has 1 aromatic heterocycles. The Hall–Kier alpha value is -0.620. The molecule has 1 N–H and O–H groups in total. The third-order valence-electron chi connectivity index (χ3n) is 3.39. The molecule has 0 bridgehead atoms. The standard InChI is InChI=1S/C11H14F3NOS/c1-6-3-2-4-7(6)9(16)8-5-15-10(17-8)11(12,13)14/h5-7,9,16H,2-4H2,1H3. The summed E-state index contributed by atoms with van der Waals surface area (Å²) in [5.41, 5.74) is 0. The summed E-state index contributed by atoms with van der Waals surface area (Å²) >= 11 is 0.551. The van der Waals surface area contributed by atoms with Crippen molar-refractivity contribution in [3.8, 4) is 0 Å². The van der Waals surface area contributed by atoms with E-state index < -0.39 is 17.3 Å². The molecule has 2 rings (SSSR count). The van der Waals surface area contributed by atoms with Gasteiger partial charge in [-0.25, -0.2) is 4.98 Å². The van der Waals surface area contributed by atoms with Crippen molar-refractivity contribution < 1.29 is 18.3 Å². The predicted octanol–water partition coefficient (Wildman–Crippen LogP) is 3.63. The largest absolute Gasteiger partial charge is 0.443 e. The minimum absolute atomic E-state index is 0.0662. The first-order chi connectivity index (χ1) is 7.89. The second-order valence-electron chi connectivity index (χ2n) is 4.58. The van der Waals surface area contributed by atoms with E-state index in [4.69, 9.17) is 0 Å². The zero-order chi connectivity index (χ0) is 12.6. The fraction of sp³-hybridized carbons (Fsp3) is 0.727. The van der Waals surface area contributed by atoms with Gasteiger partial charge in [-0.3, -0.25) is 0 Å². The van der Waals surface area contributed by atoms with Crippen LogP contribution in [0.2, 0.25) is 0 Å². The predicted molar refractivity (Wildman–Crippen MR) is 58.6 cm³/mol. The lowest BCUT2D eigenvalue weighted by Crippen LogP contribution is -2.14. The molecule has 17 heavy (non-hydrogen) atoms. The third kappa shape index (κ3) is 2.63. The topological polar surface area (TPSA) is 33.1 Å². The Bertz CT molecular complexity index is 390.